The second-order valence-electron chi connectivity index (χ2n) is 7.18. The fourth-order valence-corrected chi connectivity index (χ4v) is 3.16. The molecule has 3 aromatic rings. The van der Waals surface area contributed by atoms with Gasteiger partial charge < -0.3 is 28.4 Å². The lowest BCUT2D eigenvalue weighted by molar-refractivity contribution is -0.137. The number of benzene rings is 2. The molecule has 0 atom stereocenters. The zero-order valence-electron chi connectivity index (χ0n) is 19.2. The zero-order valence-corrected chi connectivity index (χ0v) is 19.2. The molecule has 9 heteroatoms. The second-order valence-corrected chi connectivity index (χ2v) is 7.18. The number of carbonyl (C=O) groups excluding carboxylic acids is 1. The van der Waals surface area contributed by atoms with Crippen molar-refractivity contribution in [3.8, 4) is 22.9 Å². The molecule has 2 aromatic carbocycles. The molecular weight excluding hydrogens is 426 g/mol. The molecule has 33 heavy (non-hydrogen) atoms. The molecule has 1 amide bonds. The third-order valence-corrected chi connectivity index (χ3v) is 4.96. The molecule has 0 spiro atoms. The Labute approximate surface area is 193 Å². The van der Waals surface area contributed by atoms with E-state index in [1.54, 1.807) is 38.4 Å². The van der Waals surface area contributed by atoms with Gasteiger partial charge in [-0.3, -0.25) is 4.79 Å². The molecule has 0 aliphatic carbocycles. The number of methoxy groups -OCH3 is 3. The van der Waals surface area contributed by atoms with Crippen molar-refractivity contribution >= 4 is 5.91 Å². The van der Waals surface area contributed by atoms with Crippen LogP contribution in [0, 0.1) is 0 Å². The summed E-state index contributed by atoms with van der Waals surface area (Å²) in [5.74, 6) is 1.94. The minimum Gasteiger partial charge on any atom is -0.493 e. The summed E-state index contributed by atoms with van der Waals surface area (Å²) >= 11 is 0. The van der Waals surface area contributed by atoms with Crippen LogP contribution in [0.2, 0.25) is 0 Å². The van der Waals surface area contributed by atoms with E-state index in [1.165, 1.54) is 0 Å². The average molecular weight is 456 g/mol. The van der Waals surface area contributed by atoms with Crippen molar-refractivity contribution in [3.05, 3.63) is 60.0 Å². The summed E-state index contributed by atoms with van der Waals surface area (Å²) in [6.07, 6.45) is 0.411. The molecule has 0 aliphatic rings. The summed E-state index contributed by atoms with van der Waals surface area (Å²) in [5, 5.41) is 4.05. The molecule has 0 unspecified atom stereocenters. The molecule has 0 N–H and O–H groups in total. The van der Waals surface area contributed by atoms with Crippen LogP contribution >= 0.6 is 0 Å². The lowest BCUT2D eigenvalue weighted by atomic mass is 10.2. The van der Waals surface area contributed by atoms with E-state index in [4.69, 9.17) is 23.5 Å². The van der Waals surface area contributed by atoms with Gasteiger partial charge in [0.1, 0.15) is 6.61 Å². The maximum Gasteiger partial charge on any atom is 0.248 e. The summed E-state index contributed by atoms with van der Waals surface area (Å²) in [4.78, 5) is 18.8. The predicted octanol–water partition coefficient (Wildman–Crippen LogP) is 2.99. The van der Waals surface area contributed by atoms with Crippen LogP contribution in [-0.2, 0) is 27.3 Å². The Hall–Kier alpha value is -3.43. The predicted molar refractivity (Wildman–Crippen MR) is 121 cm³/mol. The van der Waals surface area contributed by atoms with Crippen LogP contribution in [0.4, 0.5) is 0 Å². The Morgan fingerprint density at radius 2 is 1.79 bits per heavy atom. The zero-order chi connectivity index (χ0) is 23.5. The minimum atomic E-state index is -0.123. The normalized spacial score (nSPS) is 10.8. The Bertz CT molecular complexity index is 1010. The number of hydrogen-bond donors (Lipinski definition) is 0. The largest absolute Gasteiger partial charge is 0.493 e. The number of carbonyl (C=O) groups is 1. The van der Waals surface area contributed by atoms with E-state index in [-0.39, 0.29) is 12.5 Å². The first-order chi connectivity index (χ1) is 16.1. The van der Waals surface area contributed by atoms with Crippen molar-refractivity contribution in [1.82, 2.24) is 15.0 Å². The fraction of sp³-hybridized carbons (Fsp3) is 0.375. The highest BCUT2D eigenvalue weighted by molar-refractivity contribution is 5.77. The molecule has 176 valence electrons. The van der Waals surface area contributed by atoms with Crippen molar-refractivity contribution in [1.29, 1.82) is 0 Å². The Kier molecular flexibility index (Phi) is 9.22. The topological polar surface area (TPSA) is 96.2 Å². The van der Waals surface area contributed by atoms with E-state index >= 15 is 0 Å². The molecule has 0 aliphatic heterocycles. The number of ether oxygens (including phenoxy) is 4. The highest BCUT2D eigenvalue weighted by atomic mass is 16.5. The Morgan fingerprint density at radius 3 is 2.52 bits per heavy atom. The van der Waals surface area contributed by atoms with Crippen LogP contribution in [0.25, 0.3) is 11.4 Å². The van der Waals surface area contributed by atoms with E-state index in [2.05, 4.69) is 10.1 Å². The third kappa shape index (κ3) is 7.03. The van der Waals surface area contributed by atoms with Crippen LogP contribution in [0.3, 0.4) is 0 Å². The number of nitrogens with zero attached hydrogens (tertiary/aromatic N) is 3. The summed E-state index contributed by atoms with van der Waals surface area (Å²) in [6, 6.07) is 15.1. The maximum absolute atomic E-state index is 12.7. The van der Waals surface area contributed by atoms with Crippen LogP contribution < -0.4 is 9.47 Å². The van der Waals surface area contributed by atoms with E-state index < -0.39 is 0 Å². The number of aromatic nitrogens is 2. The molecule has 0 radical (unpaired) electrons. The van der Waals surface area contributed by atoms with Gasteiger partial charge in [0, 0.05) is 32.2 Å². The first kappa shape index (κ1) is 24.2. The van der Waals surface area contributed by atoms with Crippen LogP contribution in [-0.4, -0.2) is 68.6 Å². The van der Waals surface area contributed by atoms with Crippen LogP contribution in [0.5, 0.6) is 11.5 Å². The Morgan fingerprint density at radius 1 is 1.00 bits per heavy atom. The number of rotatable bonds is 13. The molecule has 3 rings (SSSR count). The first-order valence-electron chi connectivity index (χ1n) is 10.6. The SMILES string of the molecule is COCCN(CCc1nc(-c2ccc(OC)c(OC)c2)no1)C(=O)COCc1ccccc1. The summed E-state index contributed by atoms with van der Waals surface area (Å²) in [5.41, 5.74) is 1.76. The van der Waals surface area contributed by atoms with Gasteiger partial charge in [0.15, 0.2) is 11.5 Å². The lowest BCUT2D eigenvalue weighted by Crippen LogP contribution is -2.38. The van der Waals surface area contributed by atoms with Gasteiger partial charge in [-0.1, -0.05) is 35.5 Å². The van der Waals surface area contributed by atoms with Gasteiger partial charge in [0.2, 0.25) is 17.6 Å². The highest BCUT2D eigenvalue weighted by Gasteiger charge is 2.17. The molecule has 1 aromatic heterocycles. The van der Waals surface area contributed by atoms with Crippen LogP contribution in [0.15, 0.2) is 53.1 Å². The second kappa shape index (κ2) is 12.6. The molecular formula is C24H29N3O6. The van der Waals surface area contributed by atoms with E-state index in [9.17, 15) is 4.79 Å². The quantitative estimate of drug-likeness (QED) is 0.388. The molecule has 0 bridgehead atoms. The first-order valence-corrected chi connectivity index (χ1v) is 10.6. The fourth-order valence-electron chi connectivity index (χ4n) is 3.16. The average Bonchev–Trinajstić information content (AvgIpc) is 3.33. The smallest absolute Gasteiger partial charge is 0.248 e. The summed E-state index contributed by atoms with van der Waals surface area (Å²) in [7, 11) is 4.74. The Balaban J connectivity index is 1.57. The summed E-state index contributed by atoms with van der Waals surface area (Å²) < 4.78 is 26.7. The summed E-state index contributed by atoms with van der Waals surface area (Å²) in [6.45, 7) is 1.64. The van der Waals surface area contributed by atoms with E-state index in [0.717, 1.165) is 11.1 Å². The highest BCUT2D eigenvalue weighted by Crippen LogP contribution is 2.31. The molecule has 0 fully saturated rings. The van der Waals surface area contributed by atoms with Gasteiger partial charge >= 0.3 is 0 Å². The lowest BCUT2D eigenvalue weighted by Gasteiger charge is -2.21. The van der Waals surface area contributed by atoms with E-state index in [0.29, 0.717) is 55.9 Å². The maximum atomic E-state index is 12.7. The van der Waals surface area contributed by atoms with Gasteiger partial charge in [0.25, 0.3) is 0 Å². The van der Waals surface area contributed by atoms with Crippen molar-refractivity contribution in [3.63, 3.8) is 0 Å². The minimum absolute atomic E-state index is 0.0145. The molecule has 0 saturated carbocycles. The van der Waals surface area contributed by atoms with Gasteiger partial charge in [-0.15, -0.1) is 0 Å². The standard InChI is InChI=1S/C24H29N3O6/c1-29-14-13-27(23(28)17-32-16-18-7-5-4-6-8-18)12-11-22-25-24(26-33-22)19-9-10-20(30-2)21(15-19)31-3/h4-10,15H,11-14,16-17H2,1-3H3. The molecule has 1 heterocycles. The van der Waals surface area contributed by atoms with Crippen LogP contribution in [0.1, 0.15) is 11.5 Å². The van der Waals surface area contributed by atoms with Crippen molar-refractivity contribution in [2.75, 3.05) is 47.6 Å². The van der Waals surface area contributed by atoms with Crippen molar-refractivity contribution < 1.29 is 28.3 Å². The van der Waals surface area contributed by atoms with Gasteiger partial charge in [0.05, 0.1) is 27.4 Å². The molecule has 0 saturated heterocycles. The number of hydrogen-bond acceptors (Lipinski definition) is 8. The van der Waals surface area contributed by atoms with Gasteiger partial charge in [-0.05, 0) is 23.8 Å². The number of amides is 1. The van der Waals surface area contributed by atoms with E-state index in [1.807, 2.05) is 36.4 Å². The van der Waals surface area contributed by atoms with Crippen molar-refractivity contribution in [2.24, 2.45) is 0 Å². The third-order valence-electron chi connectivity index (χ3n) is 4.96. The monoisotopic (exact) mass is 455 g/mol. The molecule has 9 nitrogen and oxygen atoms in total. The van der Waals surface area contributed by atoms with Gasteiger partial charge in [-0.2, -0.15) is 4.98 Å². The van der Waals surface area contributed by atoms with Gasteiger partial charge in [-0.25, -0.2) is 0 Å². The van der Waals surface area contributed by atoms with Crippen molar-refractivity contribution in [2.45, 2.75) is 13.0 Å².